The summed E-state index contributed by atoms with van der Waals surface area (Å²) in [5, 5.41) is 6.92. The monoisotopic (exact) mass is 440 g/mol. The van der Waals surface area contributed by atoms with Gasteiger partial charge in [0.25, 0.3) is 0 Å². The summed E-state index contributed by atoms with van der Waals surface area (Å²) < 4.78 is 32.4. The highest BCUT2D eigenvalue weighted by atomic mass is 32.2. The molecule has 0 saturated carbocycles. The Hall–Kier alpha value is -1.45. The van der Waals surface area contributed by atoms with Crippen LogP contribution in [-0.4, -0.2) is 67.5 Å². The number of aryl methyl sites for hydroxylation is 2. The van der Waals surface area contributed by atoms with Gasteiger partial charge in [0.1, 0.15) is 10.6 Å². The molecule has 9 heteroatoms. The van der Waals surface area contributed by atoms with Gasteiger partial charge in [0.05, 0.1) is 0 Å². The van der Waals surface area contributed by atoms with Crippen molar-refractivity contribution in [2.75, 3.05) is 32.7 Å². The number of nitrogens with one attached hydrogen (secondary N) is 1. The topological polar surface area (TPSA) is 95.8 Å². The Labute approximate surface area is 180 Å². The lowest BCUT2D eigenvalue weighted by Gasteiger charge is -2.36. The van der Waals surface area contributed by atoms with Crippen molar-refractivity contribution in [2.45, 2.75) is 76.7 Å². The van der Waals surface area contributed by atoms with Gasteiger partial charge < -0.3 is 9.84 Å². The molecule has 30 heavy (non-hydrogen) atoms. The highest BCUT2D eigenvalue weighted by molar-refractivity contribution is 7.89. The summed E-state index contributed by atoms with van der Waals surface area (Å²) in [6.45, 7) is 9.07. The summed E-state index contributed by atoms with van der Waals surface area (Å²) in [5.74, 6) is 0.242. The molecule has 1 N–H and O–H groups in total. The standard InChI is InChI=1S/C21H36N4O4S/c1-4-5-11-24-12-7-6-8-19(24)15-22-21(26)18-9-13-25(14-10-18)30(27,28)20-16(2)23-29-17(20)3/h18-19H,4-15H2,1-3H3,(H,22,26). The Kier molecular flexibility index (Phi) is 7.92. The summed E-state index contributed by atoms with van der Waals surface area (Å²) in [7, 11) is -3.64. The molecule has 1 amide bonds. The summed E-state index contributed by atoms with van der Waals surface area (Å²) in [6, 6.07) is 0.425. The SMILES string of the molecule is CCCCN1CCCCC1CNC(=O)C1CCN(S(=O)(=O)c2c(C)noc2C)CC1. The van der Waals surface area contributed by atoms with Crippen LogP contribution in [0.4, 0.5) is 0 Å². The molecular formula is C21H36N4O4S. The van der Waals surface area contributed by atoms with Crippen LogP contribution in [-0.2, 0) is 14.8 Å². The maximum Gasteiger partial charge on any atom is 0.248 e. The van der Waals surface area contributed by atoms with E-state index < -0.39 is 10.0 Å². The molecule has 0 bridgehead atoms. The van der Waals surface area contributed by atoms with Gasteiger partial charge in [-0.3, -0.25) is 9.69 Å². The number of hydrogen-bond acceptors (Lipinski definition) is 6. The number of carbonyl (C=O) groups is 1. The second-order valence-corrected chi connectivity index (χ2v) is 10.5. The van der Waals surface area contributed by atoms with E-state index >= 15 is 0 Å². The minimum absolute atomic E-state index is 0.0606. The van der Waals surface area contributed by atoms with Crippen molar-refractivity contribution in [3.8, 4) is 0 Å². The van der Waals surface area contributed by atoms with E-state index in [9.17, 15) is 13.2 Å². The molecule has 2 aliphatic rings. The molecule has 1 aromatic rings. The number of hydrogen-bond donors (Lipinski definition) is 1. The molecular weight excluding hydrogens is 404 g/mol. The third kappa shape index (κ3) is 5.23. The molecule has 2 saturated heterocycles. The van der Waals surface area contributed by atoms with Crippen molar-refractivity contribution < 1.29 is 17.7 Å². The molecule has 0 aromatic carbocycles. The van der Waals surface area contributed by atoms with Gasteiger partial charge in [0, 0.05) is 31.6 Å². The first-order valence-corrected chi connectivity index (χ1v) is 12.7. The Morgan fingerprint density at radius 1 is 1.17 bits per heavy atom. The third-order valence-corrected chi connectivity index (χ3v) is 8.59. The molecule has 1 aromatic heterocycles. The zero-order valence-corrected chi connectivity index (χ0v) is 19.3. The lowest BCUT2D eigenvalue weighted by atomic mass is 9.96. The van der Waals surface area contributed by atoms with Gasteiger partial charge in [-0.25, -0.2) is 8.42 Å². The van der Waals surface area contributed by atoms with Crippen molar-refractivity contribution in [1.29, 1.82) is 0 Å². The minimum Gasteiger partial charge on any atom is -0.360 e. The number of carbonyl (C=O) groups excluding carboxylic acids is 1. The summed E-state index contributed by atoms with van der Waals surface area (Å²) in [5.41, 5.74) is 0.382. The number of unbranched alkanes of at least 4 members (excludes halogenated alkanes) is 1. The first-order valence-electron chi connectivity index (χ1n) is 11.3. The molecule has 0 spiro atoms. The second kappa shape index (κ2) is 10.2. The van der Waals surface area contributed by atoms with Gasteiger partial charge in [-0.2, -0.15) is 4.31 Å². The van der Waals surface area contributed by atoms with Crippen molar-refractivity contribution in [3.63, 3.8) is 0 Å². The zero-order valence-electron chi connectivity index (χ0n) is 18.5. The van der Waals surface area contributed by atoms with Crippen molar-refractivity contribution >= 4 is 15.9 Å². The molecule has 8 nitrogen and oxygen atoms in total. The highest BCUT2D eigenvalue weighted by Crippen LogP contribution is 2.27. The fraction of sp³-hybridized carbons (Fsp3) is 0.810. The average Bonchev–Trinajstić information content (AvgIpc) is 3.09. The van der Waals surface area contributed by atoms with Crippen LogP contribution in [0.1, 0.15) is 63.3 Å². The largest absolute Gasteiger partial charge is 0.360 e. The van der Waals surface area contributed by atoms with E-state index in [2.05, 4.69) is 22.3 Å². The van der Waals surface area contributed by atoms with E-state index in [0.717, 1.165) is 19.5 Å². The molecule has 3 heterocycles. The van der Waals surface area contributed by atoms with Crippen LogP contribution in [0.15, 0.2) is 9.42 Å². The first-order chi connectivity index (χ1) is 14.3. The van der Waals surface area contributed by atoms with Crippen LogP contribution in [0.25, 0.3) is 0 Å². The minimum atomic E-state index is -3.64. The van der Waals surface area contributed by atoms with E-state index in [1.807, 2.05) is 0 Å². The quantitative estimate of drug-likeness (QED) is 0.667. The number of sulfonamides is 1. The van der Waals surface area contributed by atoms with Gasteiger partial charge in [-0.1, -0.05) is 24.9 Å². The predicted molar refractivity (Wildman–Crippen MR) is 115 cm³/mol. The number of piperidine rings is 2. The first kappa shape index (κ1) is 23.2. The molecule has 170 valence electrons. The van der Waals surface area contributed by atoms with E-state index in [-0.39, 0.29) is 16.7 Å². The molecule has 2 aliphatic heterocycles. The molecule has 1 atom stereocenters. The molecule has 0 aliphatic carbocycles. The highest BCUT2D eigenvalue weighted by Gasteiger charge is 2.35. The Morgan fingerprint density at radius 2 is 1.90 bits per heavy atom. The summed E-state index contributed by atoms with van der Waals surface area (Å²) in [4.78, 5) is 15.4. The number of rotatable bonds is 8. The van der Waals surface area contributed by atoms with Crippen molar-refractivity contribution in [2.24, 2.45) is 5.92 Å². The van der Waals surface area contributed by atoms with Crippen LogP contribution in [0.5, 0.6) is 0 Å². The van der Waals surface area contributed by atoms with Crippen LogP contribution < -0.4 is 5.32 Å². The fourth-order valence-electron chi connectivity index (χ4n) is 4.64. The fourth-order valence-corrected chi connectivity index (χ4v) is 6.40. The van der Waals surface area contributed by atoms with Crippen molar-refractivity contribution in [1.82, 2.24) is 19.7 Å². The maximum absolute atomic E-state index is 12.9. The second-order valence-electron chi connectivity index (χ2n) is 8.62. The molecule has 2 fully saturated rings. The Balaban J connectivity index is 1.50. The lowest BCUT2D eigenvalue weighted by molar-refractivity contribution is -0.126. The third-order valence-electron chi connectivity index (χ3n) is 6.45. The number of amides is 1. The lowest BCUT2D eigenvalue weighted by Crippen LogP contribution is -2.49. The number of nitrogens with zero attached hydrogens (tertiary/aromatic N) is 3. The van der Waals surface area contributed by atoms with E-state index in [4.69, 9.17) is 4.52 Å². The normalized spacial score (nSPS) is 22.3. The maximum atomic E-state index is 12.9. The van der Waals surface area contributed by atoms with Gasteiger partial charge in [0.2, 0.25) is 15.9 Å². The van der Waals surface area contributed by atoms with E-state index in [0.29, 0.717) is 50.0 Å². The van der Waals surface area contributed by atoms with E-state index in [1.54, 1.807) is 13.8 Å². The van der Waals surface area contributed by atoms with Gasteiger partial charge in [-0.05, 0) is 59.0 Å². The number of likely N-dealkylation sites (tertiary alicyclic amines) is 1. The zero-order chi connectivity index (χ0) is 21.7. The van der Waals surface area contributed by atoms with Gasteiger partial charge in [0.15, 0.2) is 5.76 Å². The van der Waals surface area contributed by atoms with Crippen molar-refractivity contribution in [3.05, 3.63) is 11.5 Å². The Morgan fingerprint density at radius 3 is 2.53 bits per heavy atom. The molecule has 0 radical (unpaired) electrons. The Bertz CT molecular complexity index is 795. The van der Waals surface area contributed by atoms with Gasteiger partial charge in [-0.15, -0.1) is 0 Å². The smallest absolute Gasteiger partial charge is 0.248 e. The van der Waals surface area contributed by atoms with Crippen LogP contribution in [0.2, 0.25) is 0 Å². The van der Waals surface area contributed by atoms with E-state index in [1.165, 1.54) is 30.0 Å². The van der Waals surface area contributed by atoms with Crippen LogP contribution in [0, 0.1) is 19.8 Å². The summed E-state index contributed by atoms with van der Waals surface area (Å²) >= 11 is 0. The molecule has 3 rings (SSSR count). The van der Waals surface area contributed by atoms with Crippen LogP contribution >= 0.6 is 0 Å². The predicted octanol–water partition coefficient (Wildman–Crippen LogP) is 2.46. The summed E-state index contributed by atoms with van der Waals surface area (Å²) in [6.07, 6.45) is 7.07. The number of aromatic nitrogens is 1. The molecule has 1 unspecified atom stereocenters. The van der Waals surface area contributed by atoms with Crippen LogP contribution in [0.3, 0.4) is 0 Å². The average molecular weight is 441 g/mol. The van der Waals surface area contributed by atoms with Gasteiger partial charge >= 0.3 is 0 Å².